The first-order chi connectivity index (χ1) is 5.79. The summed E-state index contributed by atoms with van der Waals surface area (Å²) in [7, 11) is 0. The Labute approximate surface area is 71.9 Å². The fraction of sp³-hybridized carbons (Fsp3) is 0.556. The van der Waals surface area contributed by atoms with E-state index in [9.17, 15) is 0 Å². The van der Waals surface area contributed by atoms with Crippen molar-refractivity contribution in [2.24, 2.45) is 5.92 Å². The molecule has 0 aliphatic carbocycles. The van der Waals surface area contributed by atoms with E-state index in [0.717, 1.165) is 12.0 Å². The Balaban J connectivity index is 2.92. The lowest BCUT2D eigenvalue weighted by Crippen LogP contribution is -2.18. The van der Waals surface area contributed by atoms with Crippen LogP contribution in [0.3, 0.4) is 0 Å². The monoisotopic (exact) mass is 162 g/mol. The minimum atomic E-state index is 0.216. The Morgan fingerprint density at radius 2 is 2.17 bits per heavy atom. The first-order valence-electron chi connectivity index (χ1n) is 3.90. The fourth-order valence-corrected chi connectivity index (χ4v) is 1.33. The van der Waals surface area contributed by atoms with Crippen LogP contribution in [0.1, 0.15) is 13.3 Å². The highest BCUT2D eigenvalue weighted by Gasteiger charge is 2.18. The molecule has 0 aromatic rings. The molecular formula is C9H10N2O. The van der Waals surface area contributed by atoms with Gasteiger partial charge in [0.25, 0.3) is 0 Å². The molecule has 12 heavy (non-hydrogen) atoms. The standard InChI is InChI=1S/C9H10N2O/c1-7-6-12-3-2-9(7)8(4-10)5-11/h7H,2-3,6H2,1H3. The van der Waals surface area contributed by atoms with E-state index in [1.54, 1.807) is 0 Å². The van der Waals surface area contributed by atoms with Crippen LogP contribution in [0.2, 0.25) is 0 Å². The molecule has 0 N–H and O–H groups in total. The van der Waals surface area contributed by atoms with Crippen LogP contribution in [0, 0.1) is 28.6 Å². The van der Waals surface area contributed by atoms with Crippen LogP contribution in [0.25, 0.3) is 0 Å². The van der Waals surface area contributed by atoms with Crippen LogP contribution in [-0.2, 0) is 4.74 Å². The van der Waals surface area contributed by atoms with E-state index in [1.807, 2.05) is 19.1 Å². The Morgan fingerprint density at radius 1 is 1.50 bits per heavy atom. The SMILES string of the molecule is CC1COCCC1=C(C#N)C#N. The minimum Gasteiger partial charge on any atom is -0.381 e. The molecule has 1 aliphatic heterocycles. The third kappa shape index (κ3) is 1.64. The molecule has 1 heterocycles. The number of nitrogens with zero attached hydrogens (tertiary/aromatic N) is 2. The summed E-state index contributed by atoms with van der Waals surface area (Å²) < 4.78 is 5.20. The fourth-order valence-electron chi connectivity index (χ4n) is 1.33. The van der Waals surface area contributed by atoms with Gasteiger partial charge in [-0.3, -0.25) is 0 Å². The van der Waals surface area contributed by atoms with Gasteiger partial charge < -0.3 is 4.74 Å². The predicted molar refractivity (Wildman–Crippen MR) is 42.9 cm³/mol. The second-order valence-electron chi connectivity index (χ2n) is 2.85. The van der Waals surface area contributed by atoms with Crippen molar-refractivity contribution in [1.29, 1.82) is 10.5 Å². The molecule has 0 aromatic heterocycles. The molecule has 1 fully saturated rings. The second-order valence-corrected chi connectivity index (χ2v) is 2.85. The normalized spacial score (nSPS) is 22.6. The average molecular weight is 162 g/mol. The smallest absolute Gasteiger partial charge is 0.129 e. The highest BCUT2D eigenvalue weighted by atomic mass is 16.5. The van der Waals surface area contributed by atoms with Crippen molar-refractivity contribution in [3.05, 3.63) is 11.1 Å². The molecule has 1 unspecified atom stereocenters. The summed E-state index contributed by atoms with van der Waals surface area (Å²) in [5.41, 5.74) is 1.22. The summed E-state index contributed by atoms with van der Waals surface area (Å²) in [6.45, 7) is 3.23. The van der Waals surface area contributed by atoms with E-state index in [0.29, 0.717) is 13.2 Å². The van der Waals surface area contributed by atoms with Gasteiger partial charge >= 0.3 is 0 Å². The predicted octanol–water partition coefficient (Wildman–Crippen LogP) is 1.39. The molecule has 0 amide bonds. The molecule has 1 saturated heterocycles. The lowest BCUT2D eigenvalue weighted by Gasteiger charge is -2.21. The molecule has 1 rings (SSSR count). The number of hydrogen-bond acceptors (Lipinski definition) is 3. The van der Waals surface area contributed by atoms with Crippen molar-refractivity contribution in [1.82, 2.24) is 0 Å². The number of ether oxygens (including phenoxy) is 1. The average Bonchev–Trinajstić information content (AvgIpc) is 2.10. The van der Waals surface area contributed by atoms with Crippen LogP contribution < -0.4 is 0 Å². The van der Waals surface area contributed by atoms with Crippen LogP contribution in [-0.4, -0.2) is 13.2 Å². The summed E-state index contributed by atoms with van der Waals surface area (Å²) >= 11 is 0. The van der Waals surface area contributed by atoms with Gasteiger partial charge in [0.05, 0.1) is 13.2 Å². The van der Waals surface area contributed by atoms with Gasteiger partial charge in [-0.1, -0.05) is 6.92 Å². The van der Waals surface area contributed by atoms with Crippen LogP contribution >= 0.6 is 0 Å². The third-order valence-electron chi connectivity index (χ3n) is 2.02. The summed E-state index contributed by atoms with van der Waals surface area (Å²) in [5, 5.41) is 17.2. The van der Waals surface area contributed by atoms with Crippen molar-refractivity contribution >= 4 is 0 Å². The molecule has 3 nitrogen and oxygen atoms in total. The van der Waals surface area contributed by atoms with E-state index in [2.05, 4.69) is 0 Å². The van der Waals surface area contributed by atoms with E-state index in [1.165, 1.54) is 0 Å². The molecule has 0 spiro atoms. The Hall–Kier alpha value is -1.32. The van der Waals surface area contributed by atoms with Crippen LogP contribution in [0.15, 0.2) is 11.1 Å². The van der Waals surface area contributed by atoms with Gasteiger partial charge in [0.2, 0.25) is 0 Å². The number of hydrogen-bond donors (Lipinski definition) is 0. The van der Waals surface area contributed by atoms with Gasteiger partial charge in [0.15, 0.2) is 0 Å². The zero-order chi connectivity index (χ0) is 8.97. The lowest BCUT2D eigenvalue weighted by molar-refractivity contribution is 0.0897. The number of allylic oxidation sites excluding steroid dienone is 1. The Bertz CT molecular complexity index is 264. The van der Waals surface area contributed by atoms with Crippen LogP contribution in [0.4, 0.5) is 0 Å². The molecular weight excluding hydrogens is 152 g/mol. The van der Waals surface area contributed by atoms with Crippen LogP contribution in [0.5, 0.6) is 0 Å². The quantitative estimate of drug-likeness (QED) is 0.506. The van der Waals surface area contributed by atoms with E-state index < -0.39 is 0 Å². The molecule has 1 aliphatic rings. The van der Waals surface area contributed by atoms with Crippen molar-refractivity contribution in [3.63, 3.8) is 0 Å². The second kappa shape index (κ2) is 3.90. The molecule has 0 radical (unpaired) electrons. The Morgan fingerprint density at radius 3 is 2.67 bits per heavy atom. The topological polar surface area (TPSA) is 56.8 Å². The highest BCUT2D eigenvalue weighted by molar-refractivity contribution is 5.41. The van der Waals surface area contributed by atoms with Gasteiger partial charge in [-0.2, -0.15) is 10.5 Å². The molecule has 0 aromatic carbocycles. The van der Waals surface area contributed by atoms with Gasteiger partial charge in [-0.15, -0.1) is 0 Å². The molecule has 3 heteroatoms. The van der Waals surface area contributed by atoms with E-state index in [4.69, 9.17) is 15.3 Å². The molecule has 62 valence electrons. The largest absolute Gasteiger partial charge is 0.381 e. The summed E-state index contributed by atoms with van der Waals surface area (Å²) in [6.07, 6.45) is 0.720. The first-order valence-corrected chi connectivity index (χ1v) is 3.90. The van der Waals surface area contributed by atoms with Crippen molar-refractivity contribution in [2.75, 3.05) is 13.2 Å². The maximum Gasteiger partial charge on any atom is 0.129 e. The summed E-state index contributed by atoms with van der Waals surface area (Å²) in [6, 6.07) is 3.83. The summed E-state index contributed by atoms with van der Waals surface area (Å²) in [4.78, 5) is 0. The van der Waals surface area contributed by atoms with Crippen molar-refractivity contribution in [3.8, 4) is 12.1 Å². The molecule has 1 atom stereocenters. The van der Waals surface area contributed by atoms with E-state index in [-0.39, 0.29) is 11.5 Å². The minimum absolute atomic E-state index is 0.216. The number of nitriles is 2. The lowest BCUT2D eigenvalue weighted by atomic mass is 9.93. The first kappa shape index (κ1) is 8.77. The van der Waals surface area contributed by atoms with Gasteiger partial charge in [-0.05, 0) is 12.0 Å². The maximum atomic E-state index is 8.62. The highest BCUT2D eigenvalue weighted by Crippen LogP contribution is 2.23. The molecule has 0 saturated carbocycles. The third-order valence-corrected chi connectivity index (χ3v) is 2.02. The number of rotatable bonds is 0. The molecule has 0 bridgehead atoms. The maximum absolute atomic E-state index is 8.62. The zero-order valence-electron chi connectivity index (χ0n) is 7.00. The van der Waals surface area contributed by atoms with Gasteiger partial charge in [-0.25, -0.2) is 0 Å². The van der Waals surface area contributed by atoms with Gasteiger partial charge in [0, 0.05) is 5.92 Å². The van der Waals surface area contributed by atoms with E-state index >= 15 is 0 Å². The van der Waals surface area contributed by atoms with Crippen molar-refractivity contribution in [2.45, 2.75) is 13.3 Å². The zero-order valence-corrected chi connectivity index (χ0v) is 7.00. The Kier molecular flexibility index (Phi) is 2.85. The summed E-state index contributed by atoms with van der Waals surface area (Å²) in [5.74, 6) is 0.216. The van der Waals surface area contributed by atoms with Gasteiger partial charge in [0.1, 0.15) is 17.7 Å². The van der Waals surface area contributed by atoms with Crippen molar-refractivity contribution < 1.29 is 4.74 Å².